The maximum Gasteiger partial charge on any atom is 0.319 e. The Bertz CT molecular complexity index is 452. The van der Waals surface area contributed by atoms with E-state index in [1.165, 1.54) is 0 Å². The van der Waals surface area contributed by atoms with Gasteiger partial charge in [-0.15, -0.1) is 5.10 Å². The third-order valence-electron chi connectivity index (χ3n) is 2.36. The molecule has 0 unspecified atom stereocenters. The highest BCUT2D eigenvalue weighted by Gasteiger charge is 2.27. The van der Waals surface area contributed by atoms with Crippen LogP contribution in [0.1, 0.15) is 0 Å². The van der Waals surface area contributed by atoms with Crippen LogP contribution in [-0.4, -0.2) is 30.2 Å². The largest absolute Gasteiger partial charge is 0.401 e. The second-order valence-electron chi connectivity index (χ2n) is 3.64. The van der Waals surface area contributed by atoms with E-state index in [1.807, 2.05) is 28.6 Å². The van der Waals surface area contributed by atoms with Gasteiger partial charge >= 0.3 is 8.48 Å². The first kappa shape index (κ1) is 9.36. The molecule has 14 heavy (non-hydrogen) atoms. The van der Waals surface area contributed by atoms with Crippen molar-refractivity contribution in [2.24, 2.45) is 0 Å². The normalized spacial score (nSPS) is 12.2. The summed E-state index contributed by atoms with van der Waals surface area (Å²) in [5.41, 5.74) is 1.97. The van der Waals surface area contributed by atoms with Crippen molar-refractivity contribution in [3.63, 3.8) is 0 Å². The molecule has 1 aromatic heterocycles. The maximum absolute atomic E-state index is 5.49. The number of para-hydroxylation sites is 1. The topological polar surface area (TPSA) is 39.9 Å². The third kappa shape index (κ3) is 1.34. The third-order valence-corrected chi connectivity index (χ3v) is 4.71. The van der Waals surface area contributed by atoms with Crippen molar-refractivity contribution in [3.8, 4) is 0 Å². The SMILES string of the molecule is CO[Si](C)(C)n1nnc2ccccc21. The second-order valence-corrected chi connectivity index (χ2v) is 7.37. The van der Waals surface area contributed by atoms with Crippen LogP contribution in [0.3, 0.4) is 0 Å². The van der Waals surface area contributed by atoms with Crippen LogP contribution in [0, 0.1) is 0 Å². The molecule has 0 amide bonds. The zero-order chi connectivity index (χ0) is 10.2. The van der Waals surface area contributed by atoms with Crippen LogP contribution < -0.4 is 0 Å². The average Bonchev–Trinajstić information content (AvgIpc) is 2.61. The van der Waals surface area contributed by atoms with Gasteiger partial charge in [0.2, 0.25) is 0 Å². The summed E-state index contributed by atoms with van der Waals surface area (Å²) < 4.78 is 7.41. The summed E-state index contributed by atoms with van der Waals surface area (Å²) in [5.74, 6) is 0. The molecule has 0 saturated heterocycles. The van der Waals surface area contributed by atoms with Gasteiger partial charge in [0.05, 0.1) is 5.52 Å². The number of nitrogens with zero attached hydrogens (tertiary/aromatic N) is 3. The van der Waals surface area contributed by atoms with Crippen LogP contribution in [0.2, 0.25) is 13.1 Å². The Hall–Kier alpha value is -1.20. The molecule has 0 spiro atoms. The molecule has 0 aliphatic heterocycles. The van der Waals surface area contributed by atoms with Gasteiger partial charge < -0.3 is 4.43 Å². The number of rotatable bonds is 2. The van der Waals surface area contributed by atoms with Gasteiger partial charge in [0, 0.05) is 7.11 Å². The summed E-state index contributed by atoms with van der Waals surface area (Å²) >= 11 is 0. The van der Waals surface area contributed by atoms with Crippen molar-refractivity contribution in [1.29, 1.82) is 0 Å². The minimum atomic E-state index is -1.92. The van der Waals surface area contributed by atoms with Crippen molar-refractivity contribution in [2.75, 3.05) is 7.11 Å². The maximum atomic E-state index is 5.49. The predicted octanol–water partition coefficient (Wildman–Crippen LogP) is 1.63. The Kier molecular flexibility index (Phi) is 2.12. The molecule has 1 heterocycles. The first-order valence-electron chi connectivity index (χ1n) is 4.51. The Morgan fingerprint density at radius 3 is 2.71 bits per heavy atom. The molecule has 2 rings (SSSR count). The summed E-state index contributed by atoms with van der Waals surface area (Å²) in [4.78, 5) is 0. The molecular formula is C9H13N3OSi. The van der Waals surface area contributed by atoms with E-state index >= 15 is 0 Å². The van der Waals surface area contributed by atoms with Crippen molar-refractivity contribution < 1.29 is 4.43 Å². The standard InChI is InChI=1S/C9H13N3OSi/c1-13-14(2,3)12-9-7-5-4-6-8(9)10-11-12/h4-7H,1-3H3. The van der Waals surface area contributed by atoms with Crippen LogP contribution in [0.4, 0.5) is 0 Å². The van der Waals surface area contributed by atoms with E-state index in [0.717, 1.165) is 11.0 Å². The number of aromatic nitrogens is 3. The molecule has 4 nitrogen and oxygen atoms in total. The average molecular weight is 207 g/mol. The number of hydrogen-bond acceptors (Lipinski definition) is 3. The Morgan fingerprint density at radius 2 is 2.00 bits per heavy atom. The first-order valence-corrected chi connectivity index (χ1v) is 7.37. The molecule has 0 saturated carbocycles. The van der Waals surface area contributed by atoms with Gasteiger partial charge in [-0.25, -0.2) is 4.35 Å². The Labute approximate surface area is 83.7 Å². The highest BCUT2D eigenvalue weighted by molar-refractivity contribution is 6.70. The van der Waals surface area contributed by atoms with Gasteiger partial charge in [-0.05, 0) is 25.2 Å². The zero-order valence-electron chi connectivity index (χ0n) is 8.56. The van der Waals surface area contributed by atoms with Crippen molar-refractivity contribution in [2.45, 2.75) is 13.1 Å². The molecule has 0 radical (unpaired) electrons. The fraction of sp³-hybridized carbons (Fsp3) is 0.333. The molecule has 0 fully saturated rings. The van der Waals surface area contributed by atoms with Crippen LogP contribution in [-0.2, 0) is 4.43 Å². The fourth-order valence-corrected chi connectivity index (χ4v) is 2.56. The van der Waals surface area contributed by atoms with Gasteiger partial charge in [0.25, 0.3) is 0 Å². The van der Waals surface area contributed by atoms with E-state index in [1.54, 1.807) is 7.11 Å². The molecule has 0 bridgehead atoms. The molecule has 1 aromatic carbocycles. The van der Waals surface area contributed by atoms with Gasteiger partial charge in [0.15, 0.2) is 0 Å². The summed E-state index contributed by atoms with van der Waals surface area (Å²) in [6.07, 6.45) is 0. The fourth-order valence-electron chi connectivity index (χ4n) is 1.35. The van der Waals surface area contributed by atoms with Crippen molar-refractivity contribution in [1.82, 2.24) is 14.7 Å². The van der Waals surface area contributed by atoms with E-state index in [4.69, 9.17) is 4.43 Å². The van der Waals surface area contributed by atoms with Crippen LogP contribution >= 0.6 is 0 Å². The smallest absolute Gasteiger partial charge is 0.319 e. The van der Waals surface area contributed by atoms with Gasteiger partial charge in [-0.1, -0.05) is 17.3 Å². The van der Waals surface area contributed by atoms with E-state index in [-0.39, 0.29) is 0 Å². The van der Waals surface area contributed by atoms with Crippen LogP contribution in [0.25, 0.3) is 11.0 Å². The van der Waals surface area contributed by atoms with Crippen molar-refractivity contribution in [3.05, 3.63) is 24.3 Å². The van der Waals surface area contributed by atoms with E-state index in [2.05, 4.69) is 23.4 Å². The lowest BCUT2D eigenvalue weighted by Gasteiger charge is -2.19. The van der Waals surface area contributed by atoms with Crippen molar-refractivity contribution >= 4 is 19.5 Å². The molecule has 2 aromatic rings. The monoisotopic (exact) mass is 207 g/mol. The summed E-state index contributed by atoms with van der Waals surface area (Å²) in [6, 6.07) is 7.92. The minimum absolute atomic E-state index is 0.921. The lowest BCUT2D eigenvalue weighted by Crippen LogP contribution is -2.39. The Balaban J connectivity index is 2.64. The highest BCUT2D eigenvalue weighted by atomic mass is 28.4. The predicted molar refractivity (Wildman–Crippen MR) is 57.4 cm³/mol. The summed E-state index contributed by atoms with van der Waals surface area (Å²) in [7, 11) is -0.198. The van der Waals surface area contributed by atoms with Gasteiger partial charge in [0.1, 0.15) is 5.52 Å². The summed E-state index contributed by atoms with van der Waals surface area (Å²) in [6.45, 7) is 4.18. The number of hydrogen-bond donors (Lipinski definition) is 0. The Morgan fingerprint density at radius 1 is 1.29 bits per heavy atom. The quantitative estimate of drug-likeness (QED) is 0.703. The van der Waals surface area contributed by atoms with Crippen LogP contribution in [0.5, 0.6) is 0 Å². The molecule has 5 heteroatoms. The molecule has 74 valence electrons. The van der Waals surface area contributed by atoms with E-state index < -0.39 is 8.48 Å². The molecule has 0 N–H and O–H groups in total. The molecular weight excluding hydrogens is 194 g/mol. The second kappa shape index (κ2) is 3.18. The van der Waals surface area contributed by atoms with Crippen LogP contribution in [0.15, 0.2) is 24.3 Å². The van der Waals surface area contributed by atoms with Gasteiger partial charge in [-0.2, -0.15) is 0 Å². The van der Waals surface area contributed by atoms with E-state index in [0.29, 0.717) is 0 Å². The number of fused-ring (bicyclic) bond motifs is 1. The lowest BCUT2D eigenvalue weighted by molar-refractivity contribution is 0.389. The van der Waals surface area contributed by atoms with Gasteiger partial charge in [-0.3, -0.25) is 0 Å². The summed E-state index contributed by atoms with van der Waals surface area (Å²) in [5, 5.41) is 8.24. The zero-order valence-corrected chi connectivity index (χ0v) is 9.56. The molecule has 0 aliphatic rings. The highest BCUT2D eigenvalue weighted by Crippen LogP contribution is 2.15. The number of benzene rings is 1. The van der Waals surface area contributed by atoms with E-state index in [9.17, 15) is 0 Å². The minimum Gasteiger partial charge on any atom is -0.401 e. The molecule has 0 aliphatic carbocycles. The lowest BCUT2D eigenvalue weighted by atomic mass is 10.3. The molecule has 0 atom stereocenters. The first-order chi connectivity index (χ1) is 6.65.